The summed E-state index contributed by atoms with van der Waals surface area (Å²) in [4.78, 5) is 13.4. The maximum atomic E-state index is 12.6. The second-order valence-corrected chi connectivity index (χ2v) is 7.84. The average molecular weight is 445 g/mol. The van der Waals surface area contributed by atoms with Crippen molar-refractivity contribution < 1.29 is 17.9 Å². The third-order valence-corrected chi connectivity index (χ3v) is 5.14. The van der Waals surface area contributed by atoms with Gasteiger partial charge in [0.1, 0.15) is 11.6 Å². The summed E-state index contributed by atoms with van der Waals surface area (Å²) in [7, 11) is 0. The molecule has 2 aromatic heterocycles. The first-order valence-corrected chi connectivity index (χ1v) is 10.2. The molecule has 0 aliphatic heterocycles. The van der Waals surface area contributed by atoms with Crippen LogP contribution in [0.4, 0.5) is 30.6 Å². The molecule has 10 heteroatoms. The molecule has 0 aliphatic rings. The fourth-order valence-corrected chi connectivity index (χ4v) is 3.82. The van der Waals surface area contributed by atoms with Crippen molar-refractivity contribution in [1.82, 2.24) is 15.0 Å². The van der Waals surface area contributed by atoms with Crippen LogP contribution in [0.2, 0.25) is 0 Å². The third kappa shape index (κ3) is 5.21. The van der Waals surface area contributed by atoms with Crippen LogP contribution in [0.25, 0.3) is 21.5 Å². The van der Waals surface area contributed by atoms with Crippen LogP contribution in [0.15, 0.2) is 48.5 Å². The Hall–Kier alpha value is -3.40. The minimum Gasteiger partial charge on any atom is -0.406 e. The van der Waals surface area contributed by atoms with Crippen molar-refractivity contribution in [1.29, 1.82) is 0 Å². The van der Waals surface area contributed by atoms with Gasteiger partial charge in [0.25, 0.3) is 0 Å². The number of benzene rings is 2. The summed E-state index contributed by atoms with van der Waals surface area (Å²) < 4.78 is 42.9. The molecule has 0 saturated carbocycles. The van der Waals surface area contributed by atoms with Crippen molar-refractivity contribution >= 4 is 39.0 Å². The first-order chi connectivity index (χ1) is 14.8. The van der Waals surface area contributed by atoms with Gasteiger partial charge in [-0.25, -0.2) is 9.97 Å². The van der Waals surface area contributed by atoms with E-state index >= 15 is 0 Å². The zero-order valence-corrected chi connectivity index (χ0v) is 17.4. The lowest BCUT2D eigenvalue weighted by molar-refractivity contribution is -0.274. The molecule has 4 aromatic rings. The van der Waals surface area contributed by atoms with E-state index in [1.165, 1.54) is 18.2 Å². The Labute approximate surface area is 180 Å². The number of fused-ring (bicyclic) bond motifs is 1. The van der Waals surface area contributed by atoms with Gasteiger partial charge in [0.2, 0.25) is 5.95 Å². The molecule has 6 nitrogen and oxygen atoms in total. The van der Waals surface area contributed by atoms with Gasteiger partial charge in [-0.05, 0) is 44.2 Å². The number of rotatable bonds is 6. The van der Waals surface area contributed by atoms with Crippen molar-refractivity contribution in [2.24, 2.45) is 0 Å². The highest BCUT2D eigenvalue weighted by atomic mass is 32.1. The molecule has 160 valence electrons. The Morgan fingerprint density at radius 1 is 1.03 bits per heavy atom. The van der Waals surface area contributed by atoms with Crippen LogP contribution in [0, 0.1) is 6.92 Å². The molecule has 2 N–H and O–H groups in total. The lowest BCUT2D eigenvalue weighted by Gasteiger charge is -2.12. The van der Waals surface area contributed by atoms with Crippen LogP contribution < -0.4 is 15.4 Å². The topological polar surface area (TPSA) is 72.0 Å². The Balaban J connectivity index is 1.68. The largest absolute Gasteiger partial charge is 0.573 e. The van der Waals surface area contributed by atoms with Crippen molar-refractivity contribution in [3.63, 3.8) is 0 Å². The highest BCUT2D eigenvalue weighted by molar-refractivity contribution is 7.18. The van der Waals surface area contributed by atoms with Gasteiger partial charge >= 0.3 is 6.36 Å². The Kier molecular flexibility index (Phi) is 5.64. The quantitative estimate of drug-likeness (QED) is 0.372. The molecule has 0 amide bonds. The summed E-state index contributed by atoms with van der Waals surface area (Å²) in [6, 6.07) is 13.2. The van der Waals surface area contributed by atoms with Gasteiger partial charge in [0.05, 0.1) is 20.9 Å². The first kappa shape index (κ1) is 20.9. The van der Waals surface area contributed by atoms with Gasteiger partial charge in [-0.1, -0.05) is 12.1 Å². The number of aryl methyl sites for hydroxylation is 1. The summed E-state index contributed by atoms with van der Waals surface area (Å²) in [5, 5.41) is 7.25. The summed E-state index contributed by atoms with van der Waals surface area (Å²) in [5.41, 5.74) is 2.59. The number of nitrogens with zero attached hydrogens (tertiary/aromatic N) is 3. The van der Waals surface area contributed by atoms with Crippen LogP contribution in [0.1, 0.15) is 11.9 Å². The van der Waals surface area contributed by atoms with Gasteiger partial charge in [-0.15, -0.1) is 24.5 Å². The van der Waals surface area contributed by atoms with E-state index in [4.69, 9.17) is 0 Å². The molecular formula is C21H18F3N5OS. The SMILES string of the molecule is CCNc1nc(Nc2ccc3sc(C)nc3c2)cc(-c2cccc(OC(F)(F)F)c2)n1. The smallest absolute Gasteiger partial charge is 0.406 e. The van der Waals surface area contributed by atoms with Crippen molar-refractivity contribution in [3.05, 3.63) is 53.5 Å². The summed E-state index contributed by atoms with van der Waals surface area (Å²) >= 11 is 1.61. The van der Waals surface area contributed by atoms with Crippen LogP contribution >= 0.6 is 11.3 Å². The minimum absolute atomic E-state index is 0.313. The third-order valence-electron chi connectivity index (χ3n) is 4.19. The fraction of sp³-hybridized carbons (Fsp3) is 0.190. The summed E-state index contributed by atoms with van der Waals surface area (Å²) in [6.45, 7) is 4.44. The molecule has 0 saturated heterocycles. The van der Waals surface area contributed by atoms with E-state index in [0.717, 1.165) is 20.9 Å². The molecule has 0 aliphatic carbocycles. The van der Waals surface area contributed by atoms with E-state index in [0.29, 0.717) is 29.6 Å². The van der Waals surface area contributed by atoms with Gasteiger partial charge in [0, 0.05) is 23.9 Å². The normalized spacial score (nSPS) is 11.5. The minimum atomic E-state index is -4.77. The van der Waals surface area contributed by atoms with E-state index < -0.39 is 6.36 Å². The van der Waals surface area contributed by atoms with Crippen molar-refractivity contribution in [2.45, 2.75) is 20.2 Å². The second-order valence-electron chi connectivity index (χ2n) is 6.61. The number of thiazole rings is 1. The van der Waals surface area contributed by atoms with Crippen LogP contribution in [-0.4, -0.2) is 27.9 Å². The van der Waals surface area contributed by atoms with Crippen LogP contribution in [0.5, 0.6) is 5.75 Å². The van der Waals surface area contributed by atoms with Gasteiger partial charge < -0.3 is 15.4 Å². The summed E-state index contributed by atoms with van der Waals surface area (Å²) in [5.74, 6) is 0.539. The number of alkyl halides is 3. The molecule has 0 spiro atoms. The zero-order valence-electron chi connectivity index (χ0n) is 16.6. The Morgan fingerprint density at radius 3 is 2.65 bits per heavy atom. The number of aromatic nitrogens is 3. The number of hydrogen-bond donors (Lipinski definition) is 2. The number of ether oxygens (including phenoxy) is 1. The molecule has 0 unspecified atom stereocenters. The second kappa shape index (κ2) is 8.38. The zero-order chi connectivity index (χ0) is 22.0. The van der Waals surface area contributed by atoms with Crippen molar-refractivity contribution in [3.8, 4) is 17.0 Å². The molecule has 0 bridgehead atoms. The Bertz CT molecular complexity index is 1230. The number of anilines is 3. The monoisotopic (exact) mass is 445 g/mol. The lowest BCUT2D eigenvalue weighted by Crippen LogP contribution is -2.17. The van der Waals surface area contributed by atoms with Gasteiger partial charge in [-0.2, -0.15) is 4.98 Å². The van der Waals surface area contributed by atoms with E-state index in [1.54, 1.807) is 23.5 Å². The molecule has 4 rings (SSSR count). The Morgan fingerprint density at radius 2 is 1.87 bits per heavy atom. The standard InChI is InChI=1S/C21H18F3N5OS/c1-3-25-20-28-16(13-5-4-6-15(9-13)30-21(22,23)24)11-19(29-20)27-14-7-8-18-17(10-14)26-12(2)31-18/h4-11H,3H2,1-2H3,(H2,25,27,28,29). The molecule has 2 heterocycles. The van der Waals surface area contributed by atoms with E-state index in [-0.39, 0.29) is 5.75 Å². The van der Waals surface area contributed by atoms with E-state index in [9.17, 15) is 13.2 Å². The molecule has 31 heavy (non-hydrogen) atoms. The van der Waals surface area contributed by atoms with Crippen LogP contribution in [0.3, 0.4) is 0 Å². The van der Waals surface area contributed by atoms with E-state index in [1.807, 2.05) is 32.0 Å². The highest BCUT2D eigenvalue weighted by Gasteiger charge is 2.31. The molecule has 2 aromatic carbocycles. The molecule has 0 fully saturated rings. The van der Waals surface area contributed by atoms with Crippen LogP contribution in [-0.2, 0) is 0 Å². The maximum Gasteiger partial charge on any atom is 0.573 e. The lowest BCUT2D eigenvalue weighted by atomic mass is 10.1. The predicted molar refractivity (Wildman–Crippen MR) is 116 cm³/mol. The van der Waals surface area contributed by atoms with Crippen molar-refractivity contribution in [2.75, 3.05) is 17.2 Å². The summed E-state index contributed by atoms with van der Waals surface area (Å²) in [6.07, 6.45) is -4.77. The van der Waals surface area contributed by atoms with Gasteiger partial charge in [0.15, 0.2) is 0 Å². The molecular weight excluding hydrogens is 427 g/mol. The first-order valence-electron chi connectivity index (χ1n) is 9.42. The predicted octanol–water partition coefficient (Wildman–Crippen LogP) is 6.14. The molecule has 0 radical (unpaired) electrons. The fourth-order valence-electron chi connectivity index (χ4n) is 3.02. The van der Waals surface area contributed by atoms with E-state index in [2.05, 4.69) is 30.3 Å². The number of halogens is 3. The molecule has 0 atom stereocenters. The number of nitrogens with one attached hydrogen (secondary N) is 2. The maximum absolute atomic E-state index is 12.6. The highest BCUT2D eigenvalue weighted by Crippen LogP contribution is 2.30. The average Bonchev–Trinajstić information content (AvgIpc) is 3.06. The van der Waals surface area contributed by atoms with Gasteiger partial charge in [-0.3, -0.25) is 0 Å². The number of hydrogen-bond acceptors (Lipinski definition) is 7.